The number of carboxylic acids is 1. The van der Waals surface area contributed by atoms with Crippen molar-refractivity contribution >= 4 is 5.97 Å². The monoisotopic (exact) mass is 284 g/mol. The fourth-order valence-electron chi connectivity index (χ4n) is 2.72. The third kappa shape index (κ3) is 6.23. The van der Waals surface area contributed by atoms with Crippen LogP contribution in [0.3, 0.4) is 0 Å². The lowest BCUT2D eigenvalue weighted by molar-refractivity contribution is -0.147. The highest BCUT2D eigenvalue weighted by Crippen LogP contribution is 2.23. The predicted octanol–water partition coefficient (Wildman–Crippen LogP) is 2.54. The second-order valence-electron chi connectivity index (χ2n) is 7.18. The van der Waals surface area contributed by atoms with Gasteiger partial charge in [0.05, 0.1) is 5.41 Å². The minimum Gasteiger partial charge on any atom is -0.481 e. The fraction of sp³-hybridized carbons (Fsp3) is 0.938. The summed E-state index contributed by atoms with van der Waals surface area (Å²) >= 11 is 0. The second-order valence-corrected chi connectivity index (χ2v) is 7.18. The Morgan fingerprint density at radius 2 is 1.65 bits per heavy atom. The SMILES string of the molecule is CC(C)CN1CCN(CCCCC(C)(C)C(=O)O)CC1. The van der Waals surface area contributed by atoms with Crippen molar-refractivity contribution in [2.75, 3.05) is 39.3 Å². The van der Waals surface area contributed by atoms with E-state index >= 15 is 0 Å². The van der Waals surface area contributed by atoms with Gasteiger partial charge in [-0.05, 0) is 39.2 Å². The van der Waals surface area contributed by atoms with Gasteiger partial charge in [-0.2, -0.15) is 0 Å². The minimum atomic E-state index is -0.681. The third-order valence-electron chi connectivity index (χ3n) is 4.19. The molecule has 0 radical (unpaired) electrons. The Bertz CT molecular complexity index is 295. The Labute approximate surface area is 124 Å². The summed E-state index contributed by atoms with van der Waals surface area (Å²) in [6, 6.07) is 0. The molecule has 1 aliphatic heterocycles. The lowest BCUT2D eigenvalue weighted by Gasteiger charge is -2.35. The van der Waals surface area contributed by atoms with Gasteiger partial charge >= 0.3 is 5.97 Å². The van der Waals surface area contributed by atoms with Crippen LogP contribution < -0.4 is 0 Å². The molecule has 0 bridgehead atoms. The van der Waals surface area contributed by atoms with Crippen LogP contribution in [0, 0.1) is 11.3 Å². The first-order chi connectivity index (χ1) is 9.31. The van der Waals surface area contributed by atoms with E-state index in [0.29, 0.717) is 0 Å². The molecular weight excluding hydrogens is 252 g/mol. The summed E-state index contributed by atoms with van der Waals surface area (Å²) in [5, 5.41) is 9.07. The molecule has 0 amide bonds. The molecule has 20 heavy (non-hydrogen) atoms. The van der Waals surface area contributed by atoms with E-state index in [0.717, 1.165) is 44.8 Å². The maximum Gasteiger partial charge on any atom is 0.309 e. The van der Waals surface area contributed by atoms with Gasteiger partial charge in [-0.25, -0.2) is 0 Å². The Kier molecular flexibility index (Phi) is 6.96. The van der Waals surface area contributed by atoms with Crippen LogP contribution in [-0.2, 0) is 4.79 Å². The summed E-state index contributed by atoms with van der Waals surface area (Å²) in [7, 11) is 0. The molecule has 118 valence electrons. The lowest BCUT2D eigenvalue weighted by Crippen LogP contribution is -2.47. The summed E-state index contributed by atoms with van der Waals surface area (Å²) < 4.78 is 0. The highest BCUT2D eigenvalue weighted by atomic mass is 16.4. The number of aliphatic carboxylic acids is 1. The number of hydrogen-bond acceptors (Lipinski definition) is 3. The number of nitrogens with zero attached hydrogens (tertiary/aromatic N) is 2. The molecule has 1 N–H and O–H groups in total. The maximum atomic E-state index is 11.0. The molecule has 0 unspecified atom stereocenters. The van der Waals surface area contributed by atoms with Crippen LogP contribution in [-0.4, -0.2) is 60.1 Å². The molecule has 1 aliphatic rings. The van der Waals surface area contributed by atoms with Crippen molar-refractivity contribution in [2.45, 2.75) is 47.0 Å². The quantitative estimate of drug-likeness (QED) is 0.696. The zero-order valence-electron chi connectivity index (χ0n) is 13.7. The molecule has 1 heterocycles. The molecular formula is C16H32N2O2. The molecule has 1 saturated heterocycles. The van der Waals surface area contributed by atoms with Crippen LogP contribution in [0.4, 0.5) is 0 Å². The summed E-state index contributed by atoms with van der Waals surface area (Å²) in [4.78, 5) is 16.1. The van der Waals surface area contributed by atoms with Crippen molar-refractivity contribution in [2.24, 2.45) is 11.3 Å². The molecule has 4 nitrogen and oxygen atoms in total. The van der Waals surface area contributed by atoms with Gasteiger partial charge in [0.15, 0.2) is 0 Å². The van der Waals surface area contributed by atoms with E-state index in [-0.39, 0.29) is 0 Å². The topological polar surface area (TPSA) is 43.8 Å². The number of piperazine rings is 1. The van der Waals surface area contributed by atoms with Crippen LogP contribution in [0.5, 0.6) is 0 Å². The number of unbranched alkanes of at least 4 members (excludes halogenated alkanes) is 1. The van der Waals surface area contributed by atoms with Crippen LogP contribution in [0.25, 0.3) is 0 Å². The predicted molar refractivity (Wildman–Crippen MR) is 83.0 cm³/mol. The molecule has 0 aromatic heterocycles. The van der Waals surface area contributed by atoms with Gasteiger partial charge in [0, 0.05) is 32.7 Å². The van der Waals surface area contributed by atoms with E-state index in [4.69, 9.17) is 5.11 Å². The standard InChI is InChI=1S/C16H32N2O2/c1-14(2)13-18-11-9-17(10-12-18)8-6-5-7-16(3,4)15(19)20/h14H,5-13H2,1-4H3,(H,19,20). The van der Waals surface area contributed by atoms with E-state index in [9.17, 15) is 4.79 Å². The van der Waals surface area contributed by atoms with Gasteiger partial charge < -0.3 is 14.9 Å². The van der Waals surface area contributed by atoms with Gasteiger partial charge in [-0.3, -0.25) is 4.79 Å². The van der Waals surface area contributed by atoms with Crippen LogP contribution in [0.1, 0.15) is 47.0 Å². The second kappa shape index (κ2) is 7.99. The van der Waals surface area contributed by atoms with Crippen molar-refractivity contribution < 1.29 is 9.90 Å². The molecule has 4 heteroatoms. The van der Waals surface area contributed by atoms with Gasteiger partial charge in [0.1, 0.15) is 0 Å². The Morgan fingerprint density at radius 1 is 1.10 bits per heavy atom. The Balaban J connectivity index is 2.11. The van der Waals surface area contributed by atoms with Crippen LogP contribution in [0.15, 0.2) is 0 Å². The number of rotatable bonds is 8. The van der Waals surface area contributed by atoms with Gasteiger partial charge in [0.2, 0.25) is 0 Å². The third-order valence-corrected chi connectivity index (χ3v) is 4.19. The van der Waals surface area contributed by atoms with Gasteiger partial charge in [0.25, 0.3) is 0 Å². The molecule has 1 fully saturated rings. The Morgan fingerprint density at radius 3 is 2.15 bits per heavy atom. The summed E-state index contributed by atoms with van der Waals surface area (Å²) in [6.07, 6.45) is 2.89. The van der Waals surface area contributed by atoms with E-state index in [2.05, 4.69) is 23.6 Å². The molecule has 0 atom stereocenters. The molecule has 0 saturated carbocycles. The average molecular weight is 284 g/mol. The Hall–Kier alpha value is -0.610. The highest BCUT2D eigenvalue weighted by Gasteiger charge is 2.26. The fourth-order valence-corrected chi connectivity index (χ4v) is 2.72. The van der Waals surface area contributed by atoms with Gasteiger partial charge in [-0.15, -0.1) is 0 Å². The average Bonchev–Trinajstić information content (AvgIpc) is 2.35. The summed E-state index contributed by atoms with van der Waals surface area (Å²) in [5.41, 5.74) is -0.573. The van der Waals surface area contributed by atoms with E-state index in [1.807, 2.05) is 13.8 Å². The zero-order chi connectivity index (χ0) is 15.2. The van der Waals surface area contributed by atoms with E-state index in [1.54, 1.807) is 0 Å². The summed E-state index contributed by atoms with van der Waals surface area (Å²) in [6.45, 7) is 15.2. The number of hydrogen-bond donors (Lipinski definition) is 1. The first-order valence-corrected chi connectivity index (χ1v) is 7.99. The number of carbonyl (C=O) groups is 1. The zero-order valence-corrected chi connectivity index (χ0v) is 13.7. The van der Waals surface area contributed by atoms with Crippen molar-refractivity contribution in [3.8, 4) is 0 Å². The van der Waals surface area contributed by atoms with E-state index in [1.165, 1.54) is 19.6 Å². The minimum absolute atomic E-state index is 0.573. The van der Waals surface area contributed by atoms with Crippen molar-refractivity contribution in [3.05, 3.63) is 0 Å². The maximum absolute atomic E-state index is 11.0. The molecule has 1 rings (SSSR count). The molecule has 0 aromatic carbocycles. The first kappa shape index (κ1) is 17.4. The normalized spacial score (nSPS) is 18.6. The van der Waals surface area contributed by atoms with Crippen molar-refractivity contribution in [1.29, 1.82) is 0 Å². The number of carboxylic acid groups (broad SMARTS) is 1. The molecule has 0 spiro atoms. The highest BCUT2D eigenvalue weighted by molar-refractivity contribution is 5.73. The lowest BCUT2D eigenvalue weighted by atomic mass is 9.87. The largest absolute Gasteiger partial charge is 0.481 e. The van der Waals surface area contributed by atoms with E-state index < -0.39 is 11.4 Å². The molecule has 0 aliphatic carbocycles. The van der Waals surface area contributed by atoms with Crippen LogP contribution >= 0.6 is 0 Å². The van der Waals surface area contributed by atoms with Crippen LogP contribution in [0.2, 0.25) is 0 Å². The van der Waals surface area contributed by atoms with Crippen molar-refractivity contribution in [1.82, 2.24) is 9.80 Å². The summed E-state index contributed by atoms with van der Waals surface area (Å²) in [5.74, 6) is 0.0691. The van der Waals surface area contributed by atoms with Gasteiger partial charge in [-0.1, -0.05) is 20.3 Å². The first-order valence-electron chi connectivity index (χ1n) is 7.99. The molecule has 0 aromatic rings. The smallest absolute Gasteiger partial charge is 0.309 e. The van der Waals surface area contributed by atoms with Crippen molar-refractivity contribution in [3.63, 3.8) is 0 Å².